The highest BCUT2D eigenvalue weighted by atomic mass is 16.4. The van der Waals surface area contributed by atoms with Crippen LogP contribution in [0.25, 0.3) is 21.9 Å². The summed E-state index contributed by atoms with van der Waals surface area (Å²) in [4.78, 5) is 14.8. The highest BCUT2D eigenvalue weighted by Crippen LogP contribution is 2.27. The van der Waals surface area contributed by atoms with E-state index in [0.29, 0.717) is 0 Å². The number of aromatic carboxylic acids is 1. The Balaban J connectivity index is 2.16. The number of fused-ring (bicyclic) bond motifs is 1. The number of hydrogen-bond acceptors (Lipinski definition) is 2. The van der Waals surface area contributed by atoms with Crippen LogP contribution in [-0.4, -0.2) is 16.1 Å². The summed E-state index contributed by atoms with van der Waals surface area (Å²) in [6, 6.07) is 17.5. The maximum atomic E-state index is 10.8. The number of benzene rings is 2. The van der Waals surface area contributed by atoms with Crippen molar-refractivity contribution in [2.75, 3.05) is 0 Å². The van der Waals surface area contributed by atoms with Gasteiger partial charge in [0.1, 0.15) is 5.69 Å². The number of hydrogen-bond donors (Lipinski definition) is 1. The number of nitrogens with zero attached hydrogens (tertiary/aromatic N) is 1. The van der Waals surface area contributed by atoms with E-state index in [9.17, 15) is 4.79 Å². The van der Waals surface area contributed by atoms with Gasteiger partial charge in [0, 0.05) is 11.8 Å². The lowest BCUT2D eigenvalue weighted by molar-refractivity contribution is 0.0690. The number of carboxylic acids is 1. The molecular weight excluding hydrogens is 238 g/mol. The van der Waals surface area contributed by atoms with Gasteiger partial charge in [0.25, 0.3) is 0 Å². The topological polar surface area (TPSA) is 50.2 Å². The van der Waals surface area contributed by atoms with Gasteiger partial charge in [-0.3, -0.25) is 0 Å². The van der Waals surface area contributed by atoms with Crippen molar-refractivity contribution >= 4 is 16.7 Å². The van der Waals surface area contributed by atoms with Crippen LogP contribution in [0.5, 0.6) is 0 Å². The second-order valence-electron chi connectivity index (χ2n) is 4.26. The van der Waals surface area contributed by atoms with E-state index in [4.69, 9.17) is 5.11 Å². The molecule has 3 heteroatoms. The van der Waals surface area contributed by atoms with Crippen LogP contribution < -0.4 is 0 Å². The summed E-state index contributed by atoms with van der Waals surface area (Å²) in [6.45, 7) is 0. The van der Waals surface area contributed by atoms with E-state index >= 15 is 0 Å². The molecule has 0 atom stereocenters. The van der Waals surface area contributed by atoms with Gasteiger partial charge in [-0.2, -0.15) is 0 Å². The van der Waals surface area contributed by atoms with Crippen molar-refractivity contribution in [2.45, 2.75) is 0 Å². The fourth-order valence-corrected chi connectivity index (χ4v) is 2.16. The second-order valence-corrected chi connectivity index (χ2v) is 4.26. The third kappa shape index (κ3) is 2.06. The maximum absolute atomic E-state index is 10.8. The Morgan fingerprint density at radius 2 is 1.74 bits per heavy atom. The SMILES string of the molecule is O=C(O)c1ccc(-c2cccc3ccccc23)cn1. The van der Waals surface area contributed by atoms with Gasteiger partial charge in [-0.25, -0.2) is 9.78 Å². The fraction of sp³-hybridized carbons (Fsp3) is 0. The Morgan fingerprint density at radius 1 is 0.947 bits per heavy atom. The van der Waals surface area contributed by atoms with Gasteiger partial charge in [0.05, 0.1) is 0 Å². The molecule has 0 bridgehead atoms. The van der Waals surface area contributed by atoms with Crippen molar-refractivity contribution in [3.8, 4) is 11.1 Å². The molecule has 0 saturated heterocycles. The van der Waals surface area contributed by atoms with Gasteiger partial charge < -0.3 is 5.11 Å². The molecule has 0 fully saturated rings. The molecule has 0 amide bonds. The molecule has 0 unspecified atom stereocenters. The van der Waals surface area contributed by atoms with Crippen molar-refractivity contribution < 1.29 is 9.90 Å². The monoisotopic (exact) mass is 249 g/mol. The van der Waals surface area contributed by atoms with Crippen LogP contribution in [0.3, 0.4) is 0 Å². The lowest BCUT2D eigenvalue weighted by atomic mass is 9.99. The van der Waals surface area contributed by atoms with Crippen LogP contribution in [0, 0.1) is 0 Å². The number of pyridine rings is 1. The molecule has 0 aliphatic rings. The van der Waals surface area contributed by atoms with Crippen LogP contribution in [0.15, 0.2) is 60.8 Å². The highest BCUT2D eigenvalue weighted by Gasteiger charge is 2.06. The van der Waals surface area contributed by atoms with E-state index in [-0.39, 0.29) is 5.69 Å². The fourth-order valence-electron chi connectivity index (χ4n) is 2.16. The molecule has 92 valence electrons. The summed E-state index contributed by atoms with van der Waals surface area (Å²) in [5.41, 5.74) is 2.04. The largest absolute Gasteiger partial charge is 0.477 e. The third-order valence-electron chi connectivity index (χ3n) is 3.08. The van der Waals surface area contributed by atoms with Crippen molar-refractivity contribution in [1.82, 2.24) is 4.98 Å². The quantitative estimate of drug-likeness (QED) is 0.754. The minimum atomic E-state index is -1.01. The Bertz CT molecular complexity index is 743. The average Bonchev–Trinajstić information content (AvgIpc) is 2.47. The average molecular weight is 249 g/mol. The summed E-state index contributed by atoms with van der Waals surface area (Å²) in [6.07, 6.45) is 1.60. The van der Waals surface area contributed by atoms with Crippen molar-refractivity contribution in [3.05, 3.63) is 66.5 Å². The lowest BCUT2D eigenvalue weighted by Crippen LogP contribution is -1.99. The van der Waals surface area contributed by atoms with Crippen molar-refractivity contribution in [2.24, 2.45) is 0 Å². The Hall–Kier alpha value is -2.68. The zero-order valence-corrected chi connectivity index (χ0v) is 10.1. The van der Waals surface area contributed by atoms with Crippen LogP contribution in [0.2, 0.25) is 0 Å². The lowest BCUT2D eigenvalue weighted by Gasteiger charge is -2.06. The molecule has 1 heterocycles. The Kier molecular flexibility index (Phi) is 2.72. The molecule has 1 N–H and O–H groups in total. The van der Waals surface area contributed by atoms with Crippen molar-refractivity contribution in [3.63, 3.8) is 0 Å². The molecular formula is C16H11NO2. The smallest absolute Gasteiger partial charge is 0.354 e. The summed E-state index contributed by atoms with van der Waals surface area (Å²) in [7, 11) is 0. The molecule has 0 spiro atoms. The maximum Gasteiger partial charge on any atom is 0.354 e. The van der Waals surface area contributed by atoms with E-state index in [1.54, 1.807) is 12.3 Å². The molecule has 0 aliphatic heterocycles. The number of carboxylic acid groups (broad SMARTS) is 1. The predicted octanol–water partition coefficient (Wildman–Crippen LogP) is 3.60. The Morgan fingerprint density at radius 3 is 2.47 bits per heavy atom. The molecule has 1 aromatic heterocycles. The zero-order chi connectivity index (χ0) is 13.2. The van der Waals surface area contributed by atoms with E-state index < -0.39 is 5.97 Å². The van der Waals surface area contributed by atoms with Crippen LogP contribution >= 0.6 is 0 Å². The van der Waals surface area contributed by atoms with Gasteiger partial charge in [0.2, 0.25) is 0 Å². The van der Waals surface area contributed by atoms with Gasteiger partial charge >= 0.3 is 5.97 Å². The molecule has 0 radical (unpaired) electrons. The number of aromatic nitrogens is 1. The van der Waals surface area contributed by atoms with Crippen LogP contribution in [-0.2, 0) is 0 Å². The van der Waals surface area contributed by atoms with E-state index in [1.165, 1.54) is 6.07 Å². The van der Waals surface area contributed by atoms with Gasteiger partial charge in [-0.1, -0.05) is 48.5 Å². The van der Waals surface area contributed by atoms with E-state index in [1.807, 2.05) is 24.3 Å². The first-order valence-corrected chi connectivity index (χ1v) is 5.93. The molecule has 3 nitrogen and oxygen atoms in total. The highest BCUT2D eigenvalue weighted by molar-refractivity contribution is 5.96. The van der Waals surface area contributed by atoms with Gasteiger partial charge in [0.15, 0.2) is 0 Å². The minimum Gasteiger partial charge on any atom is -0.477 e. The molecule has 0 saturated carbocycles. The van der Waals surface area contributed by atoms with Gasteiger partial charge in [-0.15, -0.1) is 0 Å². The first kappa shape index (κ1) is 11.4. The normalized spacial score (nSPS) is 10.5. The Labute approximate surface area is 110 Å². The molecule has 3 rings (SSSR count). The number of carbonyl (C=O) groups is 1. The minimum absolute atomic E-state index is 0.0592. The van der Waals surface area contributed by atoms with Crippen LogP contribution in [0.1, 0.15) is 10.5 Å². The third-order valence-corrected chi connectivity index (χ3v) is 3.08. The standard InChI is InChI=1S/C16H11NO2/c18-16(19)15-9-8-12(10-17-15)14-7-3-5-11-4-1-2-6-13(11)14/h1-10H,(H,18,19). The summed E-state index contributed by atoms with van der Waals surface area (Å²) in [5, 5.41) is 11.1. The molecule has 19 heavy (non-hydrogen) atoms. The zero-order valence-electron chi connectivity index (χ0n) is 10.1. The second kappa shape index (κ2) is 4.53. The summed E-state index contributed by atoms with van der Waals surface area (Å²) >= 11 is 0. The van der Waals surface area contributed by atoms with E-state index in [0.717, 1.165) is 21.9 Å². The van der Waals surface area contributed by atoms with Crippen molar-refractivity contribution in [1.29, 1.82) is 0 Å². The molecule has 0 aliphatic carbocycles. The van der Waals surface area contributed by atoms with Crippen LogP contribution in [0.4, 0.5) is 0 Å². The van der Waals surface area contributed by atoms with E-state index in [2.05, 4.69) is 23.2 Å². The summed E-state index contributed by atoms with van der Waals surface area (Å²) < 4.78 is 0. The number of rotatable bonds is 2. The first-order chi connectivity index (χ1) is 9.25. The van der Waals surface area contributed by atoms with Gasteiger partial charge in [-0.05, 0) is 22.4 Å². The predicted molar refractivity (Wildman–Crippen MR) is 74.1 cm³/mol. The first-order valence-electron chi connectivity index (χ1n) is 5.93. The molecule has 3 aromatic rings. The summed E-state index contributed by atoms with van der Waals surface area (Å²) in [5.74, 6) is -1.01. The molecule has 2 aromatic carbocycles.